The first-order valence-corrected chi connectivity index (χ1v) is 16.4. The molecule has 6 heteroatoms. The molecule has 2 unspecified atom stereocenters. The molecule has 0 amide bonds. The van der Waals surface area contributed by atoms with E-state index in [2.05, 4.69) is 53.1 Å². The van der Waals surface area contributed by atoms with E-state index in [0.29, 0.717) is 24.0 Å². The second-order valence-electron chi connectivity index (χ2n) is 9.61. The van der Waals surface area contributed by atoms with Crippen LogP contribution in [0.15, 0.2) is 0 Å². The summed E-state index contributed by atoms with van der Waals surface area (Å²) in [6, 6.07) is 0. The van der Waals surface area contributed by atoms with Gasteiger partial charge in [-0.25, -0.2) is 0 Å². The highest BCUT2D eigenvalue weighted by atomic mass is 28.4. The van der Waals surface area contributed by atoms with Crippen molar-refractivity contribution in [2.75, 3.05) is 6.61 Å². The molecule has 2 saturated heterocycles. The van der Waals surface area contributed by atoms with Gasteiger partial charge in [0, 0.05) is 12.0 Å². The molecule has 2 heterocycles. The van der Waals surface area contributed by atoms with E-state index in [1.807, 2.05) is 0 Å². The standard InChI is InChI=1S/C18H38O4Si2/c1-13(14(2)21-23(3,4)5)18-16(20-18)11-15-9-10-17(19-12-15)22-24(6,7)8/h13-18H,9-12H2,1-8H3/t13-,14+,15?,16+,17?,18+/m1/s1. The van der Waals surface area contributed by atoms with E-state index in [0.717, 1.165) is 19.4 Å². The van der Waals surface area contributed by atoms with Crippen LogP contribution in [0.2, 0.25) is 39.3 Å². The number of hydrogen-bond acceptors (Lipinski definition) is 4. The highest BCUT2D eigenvalue weighted by molar-refractivity contribution is 6.70. The van der Waals surface area contributed by atoms with Crippen LogP contribution in [0.1, 0.15) is 33.1 Å². The fourth-order valence-electron chi connectivity index (χ4n) is 3.52. The Labute approximate surface area is 150 Å². The summed E-state index contributed by atoms with van der Waals surface area (Å²) in [6.07, 6.45) is 4.40. The molecule has 0 saturated carbocycles. The molecule has 0 aromatic heterocycles. The van der Waals surface area contributed by atoms with Crippen molar-refractivity contribution in [3.05, 3.63) is 0 Å². The Balaban J connectivity index is 1.68. The van der Waals surface area contributed by atoms with E-state index in [4.69, 9.17) is 18.3 Å². The Hall–Kier alpha value is 0.274. The summed E-state index contributed by atoms with van der Waals surface area (Å²) >= 11 is 0. The molecule has 24 heavy (non-hydrogen) atoms. The molecule has 0 aromatic rings. The molecular formula is C18H38O4Si2. The zero-order chi connectivity index (χ0) is 18.1. The summed E-state index contributed by atoms with van der Waals surface area (Å²) in [5.74, 6) is 1.08. The maximum Gasteiger partial charge on any atom is 0.187 e. The minimum Gasteiger partial charge on any atom is -0.415 e. The molecule has 0 aromatic carbocycles. The van der Waals surface area contributed by atoms with Gasteiger partial charge in [0.1, 0.15) is 6.29 Å². The molecule has 2 aliphatic rings. The van der Waals surface area contributed by atoms with Gasteiger partial charge in [-0.1, -0.05) is 6.92 Å². The quantitative estimate of drug-likeness (QED) is 0.459. The minimum atomic E-state index is -1.50. The summed E-state index contributed by atoms with van der Waals surface area (Å²) in [7, 11) is -2.98. The van der Waals surface area contributed by atoms with Gasteiger partial charge in [-0.3, -0.25) is 0 Å². The summed E-state index contributed by atoms with van der Waals surface area (Å²) in [6.45, 7) is 18.7. The number of ether oxygens (including phenoxy) is 2. The molecule has 0 radical (unpaired) electrons. The lowest BCUT2D eigenvalue weighted by Crippen LogP contribution is -2.38. The molecule has 6 atom stereocenters. The van der Waals surface area contributed by atoms with Gasteiger partial charge in [-0.2, -0.15) is 0 Å². The third-order valence-corrected chi connectivity index (χ3v) is 6.85. The van der Waals surface area contributed by atoms with Gasteiger partial charge in [0.2, 0.25) is 0 Å². The fraction of sp³-hybridized carbons (Fsp3) is 1.00. The monoisotopic (exact) mass is 374 g/mol. The first kappa shape index (κ1) is 20.6. The zero-order valence-corrected chi connectivity index (χ0v) is 18.9. The largest absolute Gasteiger partial charge is 0.415 e. The zero-order valence-electron chi connectivity index (χ0n) is 16.9. The molecule has 4 nitrogen and oxygen atoms in total. The van der Waals surface area contributed by atoms with Gasteiger partial charge in [0.25, 0.3) is 0 Å². The average Bonchev–Trinajstić information content (AvgIpc) is 3.15. The van der Waals surface area contributed by atoms with Gasteiger partial charge in [0.05, 0.1) is 18.8 Å². The van der Waals surface area contributed by atoms with E-state index in [9.17, 15) is 0 Å². The van der Waals surface area contributed by atoms with E-state index in [-0.39, 0.29) is 12.4 Å². The van der Waals surface area contributed by atoms with E-state index < -0.39 is 16.6 Å². The molecular weight excluding hydrogens is 336 g/mol. The molecule has 0 aliphatic carbocycles. The first-order chi connectivity index (χ1) is 10.9. The molecule has 0 spiro atoms. The van der Waals surface area contributed by atoms with Gasteiger partial charge in [-0.15, -0.1) is 0 Å². The third kappa shape index (κ3) is 6.88. The lowest BCUT2D eigenvalue weighted by molar-refractivity contribution is -0.130. The van der Waals surface area contributed by atoms with Crippen LogP contribution in [0.4, 0.5) is 0 Å². The molecule has 2 fully saturated rings. The Kier molecular flexibility index (Phi) is 6.76. The summed E-state index contributed by atoms with van der Waals surface area (Å²) in [5.41, 5.74) is 0. The topological polar surface area (TPSA) is 40.2 Å². The molecule has 142 valence electrons. The average molecular weight is 375 g/mol. The summed E-state index contributed by atoms with van der Waals surface area (Å²) in [5, 5.41) is 0. The Bertz CT molecular complexity index is 397. The summed E-state index contributed by atoms with van der Waals surface area (Å²) in [4.78, 5) is 0. The maximum absolute atomic E-state index is 6.22. The SMILES string of the molecule is C[C@@H]([C@@H]1O[C@H]1CC1CCC(O[Si](C)(C)C)OC1)[C@H](C)O[Si](C)(C)C. The smallest absolute Gasteiger partial charge is 0.187 e. The van der Waals surface area contributed by atoms with Gasteiger partial charge in [-0.05, 0) is 71.4 Å². The molecule has 0 bridgehead atoms. The Morgan fingerprint density at radius 2 is 1.67 bits per heavy atom. The van der Waals surface area contributed by atoms with Gasteiger partial charge < -0.3 is 18.3 Å². The van der Waals surface area contributed by atoms with Crippen molar-refractivity contribution in [2.24, 2.45) is 11.8 Å². The van der Waals surface area contributed by atoms with Crippen LogP contribution in [-0.4, -0.2) is 47.8 Å². The predicted octanol–water partition coefficient (Wildman–Crippen LogP) is 4.62. The molecule has 2 rings (SSSR count). The van der Waals surface area contributed by atoms with Crippen molar-refractivity contribution in [1.82, 2.24) is 0 Å². The van der Waals surface area contributed by atoms with Crippen LogP contribution < -0.4 is 0 Å². The van der Waals surface area contributed by atoms with Crippen LogP contribution in [0.3, 0.4) is 0 Å². The minimum absolute atomic E-state index is 0.0212. The molecule has 0 N–H and O–H groups in total. The second kappa shape index (κ2) is 7.88. The highest BCUT2D eigenvalue weighted by Gasteiger charge is 2.46. The third-order valence-electron chi connectivity index (χ3n) is 4.80. The van der Waals surface area contributed by atoms with Crippen molar-refractivity contribution in [3.63, 3.8) is 0 Å². The molecule has 2 aliphatic heterocycles. The Morgan fingerprint density at radius 1 is 1.00 bits per heavy atom. The van der Waals surface area contributed by atoms with Crippen molar-refractivity contribution >= 4 is 16.6 Å². The van der Waals surface area contributed by atoms with Gasteiger partial charge >= 0.3 is 0 Å². The lowest BCUT2D eigenvalue weighted by Gasteiger charge is -2.33. The number of hydrogen-bond donors (Lipinski definition) is 0. The van der Waals surface area contributed by atoms with E-state index in [1.165, 1.54) is 6.42 Å². The highest BCUT2D eigenvalue weighted by Crippen LogP contribution is 2.39. The lowest BCUT2D eigenvalue weighted by atomic mass is 9.92. The fourth-order valence-corrected chi connectivity index (χ4v) is 5.83. The predicted molar refractivity (Wildman–Crippen MR) is 103 cm³/mol. The van der Waals surface area contributed by atoms with Crippen molar-refractivity contribution in [1.29, 1.82) is 0 Å². The second-order valence-corrected chi connectivity index (χ2v) is 18.5. The van der Waals surface area contributed by atoms with E-state index >= 15 is 0 Å². The first-order valence-electron chi connectivity index (χ1n) is 9.57. The van der Waals surface area contributed by atoms with Crippen molar-refractivity contribution in [2.45, 2.75) is 97.0 Å². The van der Waals surface area contributed by atoms with Gasteiger partial charge in [0.15, 0.2) is 16.6 Å². The van der Waals surface area contributed by atoms with Crippen LogP contribution >= 0.6 is 0 Å². The number of rotatable bonds is 8. The number of epoxide rings is 1. The Morgan fingerprint density at radius 3 is 2.17 bits per heavy atom. The van der Waals surface area contributed by atoms with Crippen LogP contribution in [-0.2, 0) is 18.3 Å². The van der Waals surface area contributed by atoms with E-state index in [1.54, 1.807) is 0 Å². The normalized spacial score (nSPS) is 34.0. The van der Waals surface area contributed by atoms with Crippen molar-refractivity contribution < 1.29 is 18.3 Å². The van der Waals surface area contributed by atoms with Crippen molar-refractivity contribution in [3.8, 4) is 0 Å². The van der Waals surface area contributed by atoms with Crippen LogP contribution in [0, 0.1) is 11.8 Å². The van der Waals surface area contributed by atoms with Crippen LogP contribution in [0.5, 0.6) is 0 Å². The maximum atomic E-state index is 6.22. The van der Waals surface area contributed by atoms with Crippen LogP contribution in [0.25, 0.3) is 0 Å². The summed E-state index contributed by atoms with van der Waals surface area (Å²) < 4.78 is 24.2.